The van der Waals surface area contributed by atoms with Crippen LogP contribution in [0.5, 0.6) is 0 Å². The number of carbonyl (C=O) groups excluding carboxylic acids is 1. The number of H-pyrrole nitrogens is 1. The van der Waals surface area contributed by atoms with Gasteiger partial charge in [0.05, 0.1) is 12.1 Å². The van der Waals surface area contributed by atoms with Crippen molar-refractivity contribution in [3.8, 4) is 0 Å². The first-order chi connectivity index (χ1) is 8.51. The number of nitrogens with one attached hydrogen (secondary N) is 1. The van der Waals surface area contributed by atoms with Crippen LogP contribution in [0.3, 0.4) is 0 Å². The third-order valence-corrected chi connectivity index (χ3v) is 2.80. The maximum Gasteiger partial charge on any atom is 0.417 e. The van der Waals surface area contributed by atoms with E-state index in [4.69, 9.17) is 21.8 Å². The van der Waals surface area contributed by atoms with E-state index < -0.39 is 17.8 Å². The summed E-state index contributed by atoms with van der Waals surface area (Å²) in [5.41, 5.74) is 7.09. The fourth-order valence-electron chi connectivity index (χ4n) is 1.67. The Morgan fingerprint density at radius 1 is 1.61 bits per heavy atom. The quantitative estimate of drug-likeness (QED) is 0.805. The molecular formula is C11H11ClN2O4. The smallest absolute Gasteiger partial charge is 0.417 e. The molecule has 0 spiro atoms. The summed E-state index contributed by atoms with van der Waals surface area (Å²) in [6, 6.07) is 2.45. The van der Waals surface area contributed by atoms with E-state index in [0.29, 0.717) is 21.7 Å². The van der Waals surface area contributed by atoms with Gasteiger partial charge in [0, 0.05) is 0 Å². The summed E-state index contributed by atoms with van der Waals surface area (Å²) < 4.78 is 9.43. The van der Waals surface area contributed by atoms with Gasteiger partial charge in [-0.15, -0.1) is 0 Å². The monoisotopic (exact) mass is 270 g/mol. The number of fused-ring (bicyclic) bond motifs is 1. The van der Waals surface area contributed by atoms with E-state index in [9.17, 15) is 9.59 Å². The number of carbonyl (C=O) groups is 1. The Balaban J connectivity index is 2.35. The molecule has 1 heterocycles. The van der Waals surface area contributed by atoms with Gasteiger partial charge in [-0.3, -0.25) is 9.78 Å². The molecule has 0 amide bonds. The molecule has 0 bridgehead atoms. The molecule has 1 atom stereocenters. The van der Waals surface area contributed by atoms with E-state index in [0.717, 1.165) is 0 Å². The number of benzene rings is 1. The van der Waals surface area contributed by atoms with Gasteiger partial charge in [-0.05, 0) is 24.1 Å². The second-order valence-electron chi connectivity index (χ2n) is 3.80. The van der Waals surface area contributed by atoms with Crippen LogP contribution in [0.2, 0.25) is 5.02 Å². The third-order valence-electron chi connectivity index (χ3n) is 2.50. The van der Waals surface area contributed by atoms with Gasteiger partial charge in [-0.1, -0.05) is 11.6 Å². The van der Waals surface area contributed by atoms with Crippen molar-refractivity contribution in [3.05, 3.63) is 33.3 Å². The normalized spacial score (nSPS) is 12.6. The van der Waals surface area contributed by atoms with Crippen molar-refractivity contribution in [3.63, 3.8) is 0 Å². The maximum absolute atomic E-state index is 11.2. The summed E-state index contributed by atoms with van der Waals surface area (Å²) in [5.74, 6) is -1.09. The average molecular weight is 271 g/mol. The topological polar surface area (TPSA) is 98.3 Å². The molecule has 0 fully saturated rings. The molecule has 6 nitrogen and oxygen atoms in total. The van der Waals surface area contributed by atoms with Crippen molar-refractivity contribution in [2.24, 2.45) is 5.73 Å². The van der Waals surface area contributed by atoms with Crippen LogP contribution >= 0.6 is 11.6 Å². The van der Waals surface area contributed by atoms with E-state index in [1.165, 1.54) is 7.11 Å². The van der Waals surface area contributed by atoms with Gasteiger partial charge in [0.25, 0.3) is 0 Å². The van der Waals surface area contributed by atoms with Gasteiger partial charge in [-0.25, -0.2) is 4.79 Å². The fraction of sp³-hybridized carbons (Fsp3) is 0.273. The van der Waals surface area contributed by atoms with Crippen molar-refractivity contribution >= 4 is 28.7 Å². The molecule has 0 aliphatic heterocycles. The van der Waals surface area contributed by atoms with Gasteiger partial charge in [0.15, 0.2) is 5.58 Å². The summed E-state index contributed by atoms with van der Waals surface area (Å²) >= 11 is 5.99. The third kappa shape index (κ3) is 2.39. The minimum Gasteiger partial charge on any atom is -0.468 e. The average Bonchev–Trinajstić information content (AvgIpc) is 2.69. The Bertz CT molecular complexity index is 646. The predicted octanol–water partition coefficient (Wildman–Crippen LogP) is 0.817. The molecule has 96 valence electrons. The number of esters is 1. The van der Waals surface area contributed by atoms with Crippen molar-refractivity contribution in [2.75, 3.05) is 7.11 Å². The molecule has 1 unspecified atom stereocenters. The Kier molecular flexibility index (Phi) is 3.40. The second-order valence-corrected chi connectivity index (χ2v) is 4.21. The molecule has 2 rings (SSSR count). The molecule has 0 saturated heterocycles. The lowest BCUT2D eigenvalue weighted by molar-refractivity contribution is -0.142. The standard InChI is InChI=1S/C11H11ClN2O4/c1-17-10(15)7(13)3-5-2-6(12)9-8(4-5)18-11(16)14-9/h2,4,7H,3,13H2,1H3,(H,14,16). The minimum atomic E-state index is -0.783. The lowest BCUT2D eigenvalue weighted by atomic mass is 10.1. The van der Waals surface area contributed by atoms with Crippen LogP contribution in [0.15, 0.2) is 21.3 Å². The molecule has 0 aliphatic carbocycles. The molecule has 7 heteroatoms. The van der Waals surface area contributed by atoms with Gasteiger partial charge < -0.3 is 14.9 Å². The second kappa shape index (κ2) is 4.83. The SMILES string of the molecule is COC(=O)C(N)Cc1cc(Cl)c2[nH]c(=O)oc2c1. The highest BCUT2D eigenvalue weighted by molar-refractivity contribution is 6.34. The Hall–Kier alpha value is -1.79. The number of hydrogen-bond acceptors (Lipinski definition) is 5. The molecule has 0 saturated carbocycles. The number of nitrogens with two attached hydrogens (primary N) is 1. The molecule has 2 aromatic rings. The van der Waals surface area contributed by atoms with E-state index in [2.05, 4.69) is 9.72 Å². The van der Waals surface area contributed by atoms with Crippen LogP contribution in [0.25, 0.3) is 11.1 Å². The molecule has 1 aromatic heterocycles. The molecule has 0 radical (unpaired) electrons. The number of halogens is 1. The highest BCUT2D eigenvalue weighted by Gasteiger charge is 2.16. The van der Waals surface area contributed by atoms with E-state index in [-0.39, 0.29) is 6.42 Å². The highest BCUT2D eigenvalue weighted by Crippen LogP contribution is 2.23. The zero-order valence-corrected chi connectivity index (χ0v) is 10.3. The van der Waals surface area contributed by atoms with Gasteiger partial charge in [0.1, 0.15) is 11.6 Å². The van der Waals surface area contributed by atoms with Gasteiger partial charge >= 0.3 is 11.7 Å². The number of ether oxygens (including phenoxy) is 1. The molecule has 0 aliphatic rings. The number of aromatic nitrogens is 1. The number of rotatable bonds is 3. The highest BCUT2D eigenvalue weighted by atomic mass is 35.5. The first-order valence-corrected chi connectivity index (χ1v) is 5.53. The predicted molar refractivity (Wildman–Crippen MR) is 65.5 cm³/mol. The molecular weight excluding hydrogens is 260 g/mol. The minimum absolute atomic E-state index is 0.247. The fourth-order valence-corrected chi connectivity index (χ4v) is 1.95. The Labute approximate surface area is 107 Å². The summed E-state index contributed by atoms with van der Waals surface area (Å²) in [6.07, 6.45) is 0.247. The zero-order valence-electron chi connectivity index (χ0n) is 9.53. The summed E-state index contributed by atoms with van der Waals surface area (Å²) in [5, 5.41) is 0.338. The van der Waals surface area contributed by atoms with E-state index in [1.807, 2.05) is 0 Å². The number of hydrogen-bond donors (Lipinski definition) is 2. The Morgan fingerprint density at radius 2 is 2.33 bits per heavy atom. The number of methoxy groups -OCH3 is 1. The van der Waals surface area contributed by atoms with Crippen molar-refractivity contribution in [2.45, 2.75) is 12.5 Å². The largest absolute Gasteiger partial charge is 0.468 e. The van der Waals surface area contributed by atoms with E-state index >= 15 is 0 Å². The van der Waals surface area contributed by atoms with Crippen LogP contribution < -0.4 is 11.5 Å². The zero-order chi connectivity index (χ0) is 13.3. The van der Waals surface area contributed by atoms with Crippen molar-refractivity contribution in [1.29, 1.82) is 0 Å². The van der Waals surface area contributed by atoms with Crippen LogP contribution in [-0.2, 0) is 16.0 Å². The van der Waals surface area contributed by atoms with Gasteiger partial charge in [-0.2, -0.15) is 0 Å². The first kappa shape index (κ1) is 12.7. The molecule has 1 aromatic carbocycles. The van der Waals surface area contributed by atoms with E-state index in [1.54, 1.807) is 12.1 Å². The number of aromatic amines is 1. The van der Waals surface area contributed by atoms with Crippen molar-refractivity contribution in [1.82, 2.24) is 4.98 Å². The maximum atomic E-state index is 11.2. The summed E-state index contributed by atoms with van der Waals surface area (Å²) in [7, 11) is 1.27. The first-order valence-electron chi connectivity index (χ1n) is 5.16. The summed E-state index contributed by atoms with van der Waals surface area (Å²) in [4.78, 5) is 24.7. The number of oxazole rings is 1. The Morgan fingerprint density at radius 3 is 3.00 bits per heavy atom. The molecule has 3 N–H and O–H groups in total. The molecule has 18 heavy (non-hydrogen) atoms. The lowest BCUT2D eigenvalue weighted by Gasteiger charge is -2.09. The van der Waals surface area contributed by atoms with Crippen LogP contribution in [-0.4, -0.2) is 24.1 Å². The van der Waals surface area contributed by atoms with Gasteiger partial charge in [0.2, 0.25) is 0 Å². The van der Waals surface area contributed by atoms with Crippen LogP contribution in [0.4, 0.5) is 0 Å². The van der Waals surface area contributed by atoms with Crippen LogP contribution in [0, 0.1) is 0 Å². The lowest BCUT2D eigenvalue weighted by Crippen LogP contribution is -2.33. The van der Waals surface area contributed by atoms with Crippen LogP contribution in [0.1, 0.15) is 5.56 Å². The van der Waals surface area contributed by atoms with Crippen molar-refractivity contribution < 1.29 is 13.9 Å². The summed E-state index contributed by atoms with van der Waals surface area (Å²) in [6.45, 7) is 0.